The smallest absolute Gasteiger partial charge is 0.342 e. The van der Waals surface area contributed by atoms with Crippen LogP contribution in [-0.2, 0) is 7.05 Å². The molecule has 0 aliphatic heterocycles. The average molecular weight is 233 g/mol. The third kappa shape index (κ3) is 1.69. The molecule has 2 rings (SSSR count). The fourth-order valence-corrected chi connectivity index (χ4v) is 1.63. The predicted octanol–water partition coefficient (Wildman–Crippen LogP) is 0.661. The van der Waals surface area contributed by atoms with Crippen LogP contribution in [0.3, 0.4) is 0 Å². The summed E-state index contributed by atoms with van der Waals surface area (Å²) in [4.78, 5) is 25.8. The molecule has 0 atom stereocenters. The molecule has 0 unspecified atom stereocenters. The zero-order chi connectivity index (χ0) is 12.6. The van der Waals surface area contributed by atoms with E-state index in [4.69, 9.17) is 10.8 Å². The van der Waals surface area contributed by atoms with Crippen molar-refractivity contribution < 1.29 is 9.90 Å². The second-order valence-corrected chi connectivity index (χ2v) is 3.61. The number of carboxylic acid groups (broad SMARTS) is 1. The van der Waals surface area contributed by atoms with Crippen molar-refractivity contribution >= 4 is 11.8 Å². The molecule has 0 saturated heterocycles. The molecule has 2 aromatic heterocycles. The molecule has 2 aromatic rings. The van der Waals surface area contributed by atoms with Crippen LogP contribution in [0.1, 0.15) is 10.4 Å². The number of nitrogens with two attached hydrogens (primary N) is 1. The highest BCUT2D eigenvalue weighted by atomic mass is 16.4. The number of H-pyrrole nitrogens is 1. The maximum absolute atomic E-state index is 11.8. The minimum atomic E-state index is -1.27. The summed E-state index contributed by atoms with van der Waals surface area (Å²) in [7, 11) is 1.43. The summed E-state index contributed by atoms with van der Waals surface area (Å²) in [6.07, 6.45) is 1.65. The van der Waals surface area contributed by atoms with Gasteiger partial charge in [0, 0.05) is 24.5 Å². The second kappa shape index (κ2) is 3.82. The molecule has 0 spiro atoms. The summed E-state index contributed by atoms with van der Waals surface area (Å²) < 4.78 is 1.11. The Morgan fingerprint density at radius 3 is 2.76 bits per heavy atom. The number of carbonyl (C=O) groups is 1. The lowest BCUT2D eigenvalue weighted by atomic mass is 10.1. The standard InChI is InChI=1S/C11H11N3O3/c1-14-8(12)5-6(7-3-2-4-13-7)9(10(14)15)11(16)17/h2-5,13H,12H2,1H3,(H,16,17). The van der Waals surface area contributed by atoms with Gasteiger partial charge in [0.25, 0.3) is 5.56 Å². The Labute approximate surface area is 96.3 Å². The number of hydrogen-bond donors (Lipinski definition) is 3. The number of aromatic nitrogens is 2. The quantitative estimate of drug-likeness (QED) is 0.709. The van der Waals surface area contributed by atoms with E-state index in [-0.39, 0.29) is 11.4 Å². The number of nitrogens with zero attached hydrogens (tertiary/aromatic N) is 1. The molecule has 17 heavy (non-hydrogen) atoms. The molecule has 6 nitrogen and oxygen atoms in total. The van der Waals surface area contributed by atoms with Crippen molar-refractivity contribution in [3.63, 3.8) is 0 Å². The summed E-state index contributed by atoms with van der Waals surface area (Å²) >= 11 is 0. The summed E-state index contributed by atoms with van der Waals surface area (Å²) in [5.41, 5.74) is 5.58. The third-order valence-corrected chi connectivity index (χ3v) is 2.57. The van der Waals surface area contributed by atoms with Gasteiger partial charge in [-0.25, -0.2) is 4.79 Å². The number of nitrogen functional groups attached to an aromatic ring is 1. The van der Waals surface area contributed by atoms with E-state index in [1.165, 1.54) is 13.1 Å². The minimum absolute atomic E-state index is 0.213. The van der Waals surface area contributed by atoms with E-state index >= 15 is 0 Å². The molecule has 0 aliphatic carbocycles. The van der Waals surface area contributed by atoms with Crippen LogP contribution < -0.4 is 11.3 Å². The Hall–Kier alpha value is -2.50. The lowest BCUT2D eigenvalue weighted by Crippen LogP contribution is -2.27. The molecule has 2 heterocycles. The van der Waals surface area contributed by atoms with Gasteiger partial charge in [-0.1, -0.05) is 0 Å². The maximum atomic E-state index is 11.8. The zero-order valence-electron chi connectivity index (χ0n) is 9.10. The second-order valence-electron chi connectivity index (χ2n) is 3.61. The molecule has 0 radical (unpaired) electrons. The average Bonchev–Trinajstić information content (AvgIpc) is 2.77. The Bertz CT molecular complexity index is 626. The largest absolute Gasteiger partial charge is 0.477 e. The van der Waals surface area contributed by atoms with Crippen molar-refractivity contribution in [3.05, 3.63) is 40.3 Å². The number of nitrogens with one attached hydrogen (secondary N) is 1. The number of hydrogen-bond acceptors (Lipinski definition) is 3. The molecule has 4 N–H and O–H groups in total. The molecular formula is C11H11N3O3. The van der Waals surface area contributed by atoms with Gasteiger partial charge in [-0.15, -0.1) is 0 Å². The molecule has 0 aromatic carbocycles. The van der Waals surface area contributed by atoms with Crippen molar-refractivity contribution in [3.8, 4) is 11.3 Å². The van der Waals surface area contributed by atoms with Crippen LogP contribution in [0.25, 0.3) is 11.3 Å². The van der Waals surface area contributed by atoms with E-state index in [0.29, 0.717) is 11.3 Å². The van der Waals surface area contributed by atoms with Gasteiger partial charge in [-0.2, -0.15) is 0 Å². The van der Waals surface area contributed by atoms with E-state index in [2.05, 4.69) is 4.98 Å². The van der Waals surface area contributed by atoms with Crippen molar-refractivity contribution in [2.24, 2.45) is 7.05 Å². The van der Waals surface area contributed by atoms with Crippen LogP contribution in [0, 0.1) is 0 Å². The lowest BCUT2D eigenvalue weighted by Gasteiger charge is -2.09. The molecule has 0 fully saturated rings. The Morgan fingerprint density at radius 2 is 2.24 bits per heavy atom. The first kappa shape index (κ1) is 11.0. The number of carboxylic acids is 1. The summed E-state index contributed by atoms with van der Waals surface area (Å²) in [5.74, 6) is -1.06. The van der Waals surface area contributed by atoms with Gasteiger partial charge >= 0.3 is 5.97 Å². The van der Waals surface area contributed by atoms with Gasteiger partial charge in [0.2, 0.25) is 0 Å². The van der Waals surface area contributed by atoms with Crippen LogP contribution in [0.15, 0.2) is 29.2 Å². The first-order valence-corrected chi connectivity index (χ1v) is 4.89. The molecule has 88 valence electrons. The van der Waals surface area contributed by atoms with Gasteiger partial charge < -0.3 is 15.8 Å². The Morgan fingerprint density at radius 1 is 1.53 bits per heavy atom. The van der Waals surface area contributed by atoms with E-state index in [9.17, 15) is 9.59 Å². The van der Waals surface area contributed by atoms with Gasteiger partial charge in [-0.3, -0.25) is 9.36 Å². The van der Waals surface area contributed by atoms with E-state index in [1.54, 1.807) is 18.3 Å². The van der Waals surface area contributed by atoms with Crippen LogP contribution in [0.4, 0.5) is 5.82 Å². The highest BCUT2D eigenvalue weighted by Crippen LogP contribution is 2.21. The topological polar surface area (TPSA) is 101 Å². The van der Waals surface area contributed by atoms with Crippen LogP contribution in [0.2, 0.25) is 0 Å². The fraction of sp³-hybridized carbons (Fsp3) is 0.0909. The highest BCUT2D eigenvalue weighted by molar-refractivity contribution is 5.95. The summed E-state index contributed by atoms with van der Waals surface area (Å²) in [6, 6.07) is 4.87. The molecule has 6 heteroatoms. The molecule has 0 amide bonds. The van der Waals surface area contributed by atoms with Gasteiger partial charge in [0.1, 0.15) is 11.4 Å². The van der Waals surface area contributed by atoms with E-state index in [0.717, 1.165) is 4.57 Å². The summed E-state index contributed by atoms with van der Waals surface area (Å²) in [6.45, 7) is 0. The Kier molecular flexibility index (Phi) is 2.47. The minimum Gasteiger partial charge on any atom is -0.477 e. The van der Waals surface area contributed by atoms with E-state index < -0.39 is 11.5 Å². The van der Waals surface area contributed by atoms with Crippen molar-refractivity contribution in [2.75, 3.05) is 5.73 Å². The highest BCUT2D eigenvalue weighted by Gasteiger charge is 2.19. The number of aromatic carboxylic acids is 1. The van der Waals surface area contributed by atoms with Gasteiger partial charge in [0.15, 0.2) is 0 Å². The van der Waals surface area contributed by atoms with Gasteiger partial charge in [-0.05, 0) is 18.2 Å². The first-order chi connectivity index (χ1) is 8.02. The number of aromatic amines is 1. The molecule has 0 bridgehead atoms. The Balaban J connectivity index is 2.84. The van der Waals surface area contributed by atoms with Crippen LogP contribution >= 0.6 is 0 Å². The van der Waals surface area contributed by atoms with Crippen molar-refractivity contribution in [1.29, 1.82) is 0 Å². The van der Waals surface area contributed by atoms with Crippen molar-refractivity contribution in [2.45, 2.75) is 0 Å². The van der Waals surface area contributed by atoms with Crippen molar-refractivity contribution in [1.82, 2.24) is 9.55 Å². The molecular weight excluding hydrogens is 222 g/mol. The van der Waals surface area contributed by atoms with Crippen LogP contribution in [0.5, 0.6) is 0 Å². The summed E-state index contributed by atoms with van der Waals surface area (Å²) in [5, 5.41) is 9.09. The normalized spacial score (nSPS) is 10.4. The predicted molar refractivity (Wildman–Crippen MR) is 62.8 cm³/mol. The van der Waals surface area contributed by atoms with Crippen LogP contribution in [-0.4, -0.2) is 20.6 Å². The maximum Gasteiger partial charge on any atom is 0.342 e. The monoisotopic (exact) mass is 233 g/mol. The molecule has 0 aliphatic rings. The third-order valence-electron chi connectivity index (χ3n) is 2.57. The lowest BCUT2D eigenvalue weighted by molar-refractivity contribution is 0.0695. The number of rotatable bonds is 2. The number of anilines is 1. The van der Waals surface area contributed by atoms with Gasteiger partial charge in [0.05, 0.1) is 0 Å². The fourth-order valence-electron chi connectivity index (χ4n) is 1.63. The number of pyridine rings is 1. The molecule has 0 saturated carbocycles. The zero-order valence-corrected chi connectivity index (χ0v) is 9.10. The first-order valence-electron chi connectivity index (χ1n) is 4.89. The SMILES string of the molecule is Cn1c(N)cc(-c2ccc[nH]2)c(C(=O)O)c1=O. The van der Waals surface area contributed by atoms with E-state index in [1.807, 2.05) is 0 Å².